The first-order valence-corrected chi connectivity index (χ1v) is 21.7. The molecule has 0 bridgehead atoms. The maximum atomic E-state index is 12.8. The first kappa shape index (κ1) is 44.2. The fraction of sp³-hybridized carbons (Fsp3) is 0.172. The van der Waals surface area contributed by atoms with Crippen molar-refractivity contribution in [3.8, 4) is 50.6 Å². The van der Waals surface area contributed by atoms with Crippen molar-refractivity contribution < 1.29 is 28.9 Å². The molecule has 0 saturated heterocycles. The van der Waals surface area contributed by atoms with Crippen LogP contribution >= 0.6 is 0 Å². The Balaban J connectivity index is 0.000000262. The second-order valence-corrected chi connectivity index (χ2v) is 17.8. The number of halogens is 1. The summed E-state index contributed by atoms with van der Waals surface area (Å²) in [5.41, 5.74) is 16.2. The summed E-state index contributed by atoms with van der Waals surface area (Å²) in [6, 6.07) is 60.0. The van der Waals surface area contributed by atoms with Gasteiger partial charge in [-0.1, -0.05) is 150 Å². The zero-order valence-corrected chi connectivity index (χ0v) is 39.6. The van der Waals surface area contributed by atoms with Crippen molar-refractivity contribution in [2.45, 2.75) is 65.7 Å². The summed E-state index contributed by atoms with van der Waals surface area (Å²) in [7, 11) is 0. The molecule has 321 valence electrons. The zero-order chi connectivity index (χ0) is 43.8. The van der Waals surface area contributed by atoms with Gasteiger partial charge >= 0.3 is 0 Å². The third-order valence-corrected chi connectivity index (χ3v) is 11.8. The fourth-order valence-electron chi connectivity index (χ4n) is 8.36. The van der Waals surface area contributed by atoms with E-state index < -0.39 is 0 Å². The SMILES string of the molecule is CC(C)(C)c1ccnc(-c2[c-]cc(F)cc2)c1.CC(C)c1cc(-c2ccc(-c3ccccc3)cc2)cc(C(C)C)c1-n1c(-c2[c-]ccc3c2oc2ccccc23)nc2ccccc21.[Ir]. The van der Waals surface area contributed by atoms with Gasteiger partial charge in [0.2, 0.25) is 0 Å². The third kappa shape index (κ3) is 8.73. The maximum Gasteiger partial charge on any atom is 0.120 e. The summed E-state index contributed by atoms with van der Waals surface area (Å²) in [6.45, 7) is 15.6. The molecule has 0 fully saturated rings. The van der Waals surface area contributed by atoms with Crippen molar-refractivity contribution in [1.29, 1.82) is 0 Å². The summed E-state index contributed by atoms with van der Waals surface area (Å²) in [5.74, 6) is 1.11. The molecule has 10 rings (SSSR count). The number of nitrogens with zero attached hydrogens (tertiary/aromatic N) is 3. The van der Waals surface area contributed by atoms with Crippen molar-refractivity contribution >= 4 is 33.0 Å². The van der Waals surface area contributed by atoms with E-state index in [0.717, 1.165) is 55.6 Å². The van der Waals surface area contributed by atoms with Crippen LogP contribution in [0.3, 0.4) is 0 Å². The van der Waals surface area contributed by atoms with E-state index in [9.17, 15) is 4.39 Å². The Morgan fingerprint density at radius 2 is 1.28 bits per heavy atom. The van der Waals surface area contributed by atoms with Crippen LogP contribution in [-0.2, 0) is 25.5 Å². The summed E-state index contributed by atoms with van der Waals surface area (Å²) in [6.07, 6.45) is 1.78. The van der Waals surface area contributed by atoms with Gasteiger partial charge in [0.1, 0.15) is 5.58 Å². The molecule has 7 aromatic carbocycles. The van der Waals surface area contributed by atoms with E-state index in [1.54, 1.807) is 12.3 Å². The molecule has 0 N–H and O–H groups in total. The van der Waals surface area contributed by atoms with Gasteiger partial charge in [0.15, 0.2) is 0 Å². The van der Waals surface area contributed by atoms with Gasteiger partial charge in [-0.15, -0.1) is 48.0 Å². The number of imidazole rings is 1. The molecule has 0 atom stereocenters. The molecule has 3 heterocycles. The molecule has 0 aliphatic rings. The van der Waals surface area contributed by atoms with E-state index in [0.29, 0.717) is 0 Å². The van der Waals surface area contributed by atoms with Gasteiger partial charge in [-0.05, 0) is 98.3 Å². The number of benzene rings is 7. The Morgan fingerprint density at radius 3 is 1.95 bits per heavy atom. The van der Waals surface area contributed by atoms with Gasteiger partial charge in [0.05, 0.1) is 22.4 Å². The van der Waals surface area contributed by atoms with E-state index >= 15 is 0 Å². The van der Waals surface area contributed by atoms with Gasteiger partial charge in [-0.25, -0.2) is 0 Å². The predicted molar refractivity (Wildman–Crippen MR) is 259 cm³/mol. The summed E-state index contributed by atoms with van der Waals surface area (Å²) in [5, 5.41) is 2.18. The van der Waals surface area contributed by atoms with Crippen LogP contribution in [0.15, 0.2) is 168 Å². The molecule has 0 unspecified atom stereocenters. The van der Waals surface area contributed by atoms with Crippen LogP contribution in [0.1, 0.15) is 77.0 Å². The molecule has 3 aromatic heterocycles. The van der Waals surface area contributed by atoms with Crippen LogP contribution in [0.4, 0.5) is 4.39 Å². The normalized spacial score (nSPS) is 11.6. The molecule has 0 aliphatic carbocycles. The van der Waals surface area contributed by atoms with Gasteiger partial charge < -0.3 is 14.0 Å². The van der Waals surface area contributed by atoms with Crippen LogP contribution < -0.4 is 0 Å². The zero-order valence-electron chi connectivity index (χ0n) is 37.2. The Bertz CT molecular complexity index is 3180. The molecule has 10 aromatic rings. The van der Waals surface area contributed by atoms with E-state index in [-0.39, 0.29) is 43.2 Å². The van der Waals surface area contributed by atoms with Crippen LogP contribution in [0.2, 0.25) is 0 Å². The van der Waals surface area contributed by atoms with Crippen LogP contribution in [-0.4, -0.2) is 14.5 Å². The standard InChI is InChI=1S/C43H35N2O.C15H15FN.Ir/c1-27(2)36-25-32(31-23-21-30(22-24-31)29-13-6-5-7-14-29)26-37(28(3)4)41(36)45-39-19-10-9-18-38(39)44-43(45)35-17-12-16-34-33-15-8-11-20-40(33)46-42(34)35;1-15(2,3)12-8-9-17-14(10-12)11-4-6-13(16)7-5-11;/h5-16,18-28H,1-4H3;4,6-10H,1-3H3;/q2*-1;. The van der Waals surface area contributed by atoms with Crippen LogP contribution in [0.25, 0.3) is 83.6 Å². The molecule has 0 amide bonds. The van der Waals surface area contributed by atoms with Gasteiger partial charge in [-0.2, -0.15) is 0 Å². The van der Waals surface area contributed by atoms with Crippen molar-refractivity contribution in [2.24, 2.45) is 0 Å². The number of fused-ring (bicyclic) bond motifs is 4. The van der Waals surface area contributed by atoms with E-state index in [1.165, 1.54) is 56.8 Å². The third-order valence-electron chi connectivity index (χ3n) is 11.8. The molecule has 6 heteroatoms. The number of aromatic nitrogens is 3. The van der Waals surface area contributed by atoms with Crippen LogP contribution in [0, 0.1) is 17.9 Å². The van der Waals surface area contributed by atoms with Crippen molar-refractivity contribution in [1.82, 2.24) is 14.5 Å². The topological polar surface area (TPSA) is 43.9 Å². The van der Waals surface area contributed by atoms with E-state index in [4.69, 9.17) is 9.40 Å². The first-order valence-electron chi connectivity index (χ1n) is 21.7. The number of pyridine rings is 1. The minimum atomic E-state index is -0.277. The molecule has 0 spiro atoms. The number of furan rings is 1. The average molecular weight is 1020 g/mol. The second-order valence-electron chi connectivity index (χ2n) is 17.8. The van der Waals surface area contributed by atoms with Crippen molar-refractivity contribution in [2.75, 3.05) is 0 Å². The molecule has 64 heavy (non-hydrogen) atoms. The Hall–Kier alpha value is -6.46. The van der Waals surface area contributed by atoms with Gasteiger partial charge in [0, 0.05) is 43.2 Å². The smallest absolute Gasteiger partial charge is 0.120 e. The van der Waals surface area contributed by atoms with Crippen molar-refractivity contribution in [3.63, 3.8) is 0 Å². The van der Waals surface area contributed by atoms with Crippen molar-refractivity contribution in [3.05, 3.63) is 199 Å². The largest absolute Gasteiger partial charge is 0.501 e. The van der Waals surface area contributed by atoms with Gasteiger partial charge in [0.25, 0.3) is 0 Å². The number of para-hydroxylation sites is 3. The molecular formula is C58H50FIrN3O-2. The molecule has 4 nitrogen and oxygen atoms in total. The Morgan fingerprint density at radius 1 is 0.641 bits per heavy atom. The summed E-state index contributed by atoms with van der Waals surface area (Å²) in [4.78, 5) is 9.57. The van der Waals surface area contributed by atoms with E-state index in [2.05, 4.69) is 179 Å². The van der Waals surface area contributed by atoms with Gasteiger partial charge in [-0.3, -0.25) is 9.37 Å². The second kappa shape index (κ2) is 18.3. The molecule has 0 aliphatic heterocycles. The number of hydrogen-bond donors (Lipinski definition) is 0. The Kier molecular flexibility index (Phi) is 12.6. The minimum absolute atomic E-state index is 0. The quantitative estimate of drug-likeness (QED) is 0.149. The van der Waals surface area contributed by atoms with E-state index in [1.807, 2.05) is 30.3 Å². The predicted octanol–water partition coefficient (Wildman–Crippen LogP) is 16.0. The molecule has 0 saturated carbocycles. The number of hydrogen-bond acceptors (Lipinski definition) is 3. The number of rotatable bonds is 7. The monoisotopic (exact) mass is 1020 g/mol. The minimum Gasteiger partial charge on any atom is -0.501 e. The molecule has 1 radical (unpaired) electrons. The molecular weight excluding hydrogens is 966 g/mol. The average Bonchev–Trinajstić information content (AvgIpc) is 3.88. The summed E-state index contributed by atoms with van der Waals surface area (Å²) < 4.78 is 21.7. The van der Waals surface area contributed by atoms with Crippen LogP contribution in [0.5, 0.6) is 0 Å². The maximum absolute atomic E-state index is 12.8. The first-order chi connectivity index (χ1) is 30.4. The fourth-order valence-corrected chi connectivity index (χ4v) is 8.36. The Labute approximate surface area is 389 Å². The summed E-state index contributed by atoms with van der Waals surface area (Å²) >= 11 is 0.